The van der Waals surface area contributed by atoms with Crippen molar-refractivity contribution in [1.29, 1.82) is 0 Å². The lowest BCUT2D eigenvalue weighted by atomic mass is 10.2. The molecule has 1 aliphatic heterocycles. The van der Waals surface area contributed by atoms with E-state index in [0.29, 0.717) is 18.7 Å². The highest BCUT2D eigenvalue weighted by molar-refractivity contribution is 9.10. The van der Waals surface area contributed by atoms with E-state index >= 15 is 0 Å². The van der Waals surface area contributed by atoms with Gasteiger partial charge in [0, 0.05) is 17.4 Å². The van der Waals surface area contributed by atoms with Crippen molar-refractivity contribution in [2.75, 3.05) is 11.4 Å². The van der Waals surface area contributed by atoms with Gasteiger partial charge in [-0.05, 0) is 18.2 Å². The molecule has 0 bridgehead atoms. The highest BCUT2D eigenvalue weighted by atomic mass is 79.9. The maximum atomic E-state index is 11.5. The number of benzene rings is 1. The molecule has 1 saturated heterocycles. The topological polar surface area (TPSA) is 40.5 Å². The van der Waals surface area contributed by atoms with E-state index in [2.05, 4.69) is 15.9 Å². The quantitative estimate of drug-likeness (QED) is 0.807. The summed E-state index contributed by atoms with van der Waals surface area (Å²) >= 11 is 9.12. The third kappa shape index (κ3) is 2.11. The van der Waals surface area contributed by atoms with Crippen molar-refractivity contribution >= 4 is 39.1 Å². The molecule has 1 aromatic rings. The van der Waals surface area contributed by atoms with E-state index in [4.69, 9.17) is 11.6 Å². The number of hydrogen-bond donors (Lipinski definition) is 1. The van der Waals surface area contributed by atoms with Crippen LogP contribution < -0.4 is 4.90 Å². The van der Waals surface area contributed by atoms with E-state index in [1.165, 1.54) is 4.90 Å². The monoisotopic (exact) mass is 289 g/mol. The van der Waals surface area contributed by atoms with Crippen LogP contribution >= 0.6 is 27.5 Å². The molecule has 1 unspecified atom stereocenters. The predicted molar refractivity (Wildman–Crippen MR) is 62.4 cm³/mol. The summed E-state index contributed by atoms with van der Waals surface area (Å²) in [7, 11) is 0. The molecule has 1 amide bonds. The molecule has 3 nitrogen and oxygen atoms in total. The zero-order valence-electron chi connectivity index (χ0n) is 7.78. The zero-order valence-corrected chi connectivity index (χ0v) is 10.1. The standard InChI is InChI=1S/C10H9BrClNO2/c11-6-1-2-8(9(14)3-6)13-5-7(12)4-10(13)15/h1-3,7,14H,4-5H2. The van der Waals surface area contributed by atoms with E-state index in [1.54, 1.807) is 18.2 Å². The third-order valence-electron chi connectivity index (χ3n) is 2.31. The van der Waals surface area contributed by atoms with Gasteiger partial charge in [-0.15, -0.1) is 11.6 Å². The summed E-state index contributed by atoms with van der Waals surface area (Å²) in [5.74, 6) is 0.0381. The molecule has 2 rings (SSSR count). The largest absolute Gasteiger partial charge is 0.506 e. The van der Waals surface area contributed by atoms with Gasteiger partial charge in [0.05, 0.1) is 11.1 Å². The van der Waals surface area contributed by atoms with E-state index in [1.807, 2.05) is 0 Å². The SMILES string of the molecule is O=C1CC(Cl)CN1c1ccc(Br)cc1O. The fourth-order valence-electron chi connectivity index (χ4n) is 1.62. The molecule has 0 spiro atoms. The fraction of sp³-hybridized carbons (Fsp3) is 0.300. The number of phenols is 1. The molecule has 0 aromatic heterocycles. The van der Waals surface area contributed by atoms with E-state index < -0.39 is 0 Å². The van der Waals surface area contributed by atoms with Crippen LogP contribution in [-0.4, -0.2) is 22.9 Å². The summed E-state index contributed by atoms with van der Waals surface area (Å²) in [6.07, 6.45) is 0.330. The van der Waals surface area contributed by atoms with Crippen molar-refractivity contribution in [3.63, 3.8) is 0 Å². The number of aromatic hydroxyl groups is 1. The van der Waals surface area contributed by atoms with Gasteiger partial charge in [0.1, 0.15) is 5.75 Å². The van der Waals surface area contributed by atoms with Crippen molar-refractivity contribution in [3.8, 4) is 5.75 Å². The van der Waals surface area contributed by atoms with Gasteiger partial charge in [-0.25, -0.2) is 0 Å². The Morgan fingerprint density at radius 3 is 2.80 bits per heavy atom. The van der Waals surface area contributed by atoms with Gasteiger partial charge >= 0.3 is 0 Å². The fourth-order valence-corrected chi connectivity index (χ4v) is 2.24. The van der Waals surface area contributed by atoms with Crippen LogP contribution in [0.1, 0.15) is 6.42 Å². The van der Waals surface area contributed by atoms with E-state index in [9.17, 15) is 9.90 Å². The maximum Gasteiger partial charge on any atom is 0.228 e. The Kier molecular flexibility index (Phi) is 2.89. The van der Waals surface area contributed by atoms with Crippen LogP contribution in [0.5, 0.6) is 5.75 Å². The number of carbonyl (C=O) groups excluding carboxylic acids is 1. The van der Waals surface area contributed by atoms with Crippen LogP contribution in [0.4, 0.5) is 5.69 Å². The molecule has 1 N–H and O–H groups in total. The Bertz CT molecular complexity index is 410. The second kappa shape index (κ2) is 4.02. The summed E-state index contributed by atoms with van der Waals surface area (Å²) in [6.45, 7) is 0.454. The average molecular weight is 291 g/mol. The smallest absolute Gasteiger partial charge is 0.228 e. The first kappa shape index (κ1) is 10.8. The molecule has 15 heavy (non-hydrogen) atoms. The zero-order chi connectivity index (χ0) is 11.0. The van der Waals surface area contributed by atoms with Gasteiger partial charge in [0.25, 0.3) is 0 Å². The Morgan fingerprint density at radius 1 is 1.53 bits per heavy atom. The Morgan fingerprint density at radius 2 is 2.27 bits per heavy atom. The summed E-state index contributed by atoms with van der Waals surface area (Å²) in [5, 5.41) is 9.52. The number of carbonyl (C=O) groups is 1. The lowest BCUT2D eigenvalue weighted by Crippen LogP contribution is -2.24. The van der Waals surface area contributed by atoms with Crippen molar-refractivity contribution in [3.05, 3.63) is 22.7 Å². The molecular weight excluding hydrogens is 281 g/mol. The number of amides is 1. The van der Waals surface area contributed by atoms with Gasteiger partial charge in [-0.3, -0.25) is 4.79 Å². The number of hydrogen-bond acceptors (Lipinski definition) is 2. The Hall–Kier alpha value is -0.740. The van der Waals surface area contributed by atoms with Crippen LogP contribution in [0.2, 0.25) is 0 Å². The number of anilines is 1. The number of nitrogens with zero attached hydrogens (tertiary/aromatic N) is 1. The Labute approximate surface area is 101 Å². The normalized spacial score (nSPS) is 21.1. The van der Waals surface area contributed by atoms with Crippen molar-refractivity contribution < 1.29 is 9.90 Å². The Balaban J connectivity index is 2.34. The van der Waals surface area contributed by atoms with Crippen molar-refractivity contribution in [2.45, 2.75) is 11.8 Å². The molecule has 5 heteroatoms. The number of alkyl halides is 1. The van der Waals surface area contributed by atoms with Crippen LogP contribution in [0, 0.1) is 0 Å². The summed E-state index contributed by atoms with van der Waals surface area (Å²) in [6, 6.07) is 5.04. The van der Waals surface area contributed by atoms with Crippen LogP contribution in [0.25, 0.3) is 0 Å². The van der Waals surface area contributed by atoms with Crippen LogP contribution in [-0.2, 0) is 4.79 Å². The lowest BCUT2D eigenvalue weighted by Gasteiger charge is -2.17. The molecule has 1 fully saturated rings. The molecule has 0 saturated carbocycles. The minimum atomic E-state index is -0.166. The molecule has 1 aromatic carbocycles. The molecule has 80 valence electrons. The second-order valence-corrected chi connectivity index (χ2v) is 4.97. The average Bonchev–Trinajstić information content (AvgIpc) is 2.45. The molecule has 1 aliphatic rings. The first-order valence-electron chi connectivity index (χ1n) is 4.51. The van der Waals surface area contributed by atoms with Gasteiger partial charge in [0.2, 0.25) is 5.91 Å². The number of phenolic OH excluding ortho intramolecular Hbond substituents is 1. The number of halogens is 2. The van der Waals surface area contributed by atoms with Gasteiger partial charge in [0.15, 0.2) is 0 Å². The van der Waals surface area contributed by atoms with Gasteiger partial charge < -0.3 is 10.0 Å². The first-order valence-corrected chi connectivity index (χ1v) is 5.74. The van der Waals surface area contributed by atoms with E-state index in [0.717, 1.165) is 4.47 Å². The maximum absolute atomic E-state index is 11.5. The van der Waals surface area contributed by atoms with Crippen LogP contribution in [0.15, 0.2) is 22.7 Å². The molecular formula is C10H9BrClNO2. The highest BCUT2D eigenvalue weighted by Crippen LogP contribution is 2.33. The molecule has 0 aliphatic carbocycles. The first-order chi connectivity index (χ1) is 7.08. The summed E-state index contributed by atoms with van der Waals surface area (Å²) < 4.78 is 0.776. The number of rotatable bonds is 1. The van der Waals surface area contributed by atoms with Gasteiger partial charge in [-0.1, -0.05) is 15.9 Å². The second-order valence-electron chi connectivity index (χ2n) is 3.44. The minimum Gasteiger partial charge on any atom is -0.506 e. The molecule has 1 heterocycles. The minimum absolute atomic E-state index is 0.0485. The molecule has 0 radical (unpaired) electrons. The van der Waals surface area contributed by atoms with Crippen molar-refractivity contribution in [1.82, 2.24) is 0 Å². The summed E-state index contributed by atoms with van der Waals surface area (Å²) in [4.78, 5) is 13.1. The highest BCUT2D eigenvalue weighted by Gasteiger charge is 2.30. The third-order valence-corrected chi connectivity index (χ3v) is 3.09. The van der Waals surface area contributed by atoms with Gasteiger partial charge in [-0.2, -0.15) is 0 Å². The predicted octanol–water partition coefficient (Wildman–Crippen LogP) is 2.50. The lowest BCUT2D eigenvalue weighted by molar-refractivity contribution is -0.117. The van der Waals surface area contributed by atoms with E-state index in [-0.39, 0.29) is 17.0 Å². The summed E-state index contributed by atoms with van der Waals surface area (Å²) in [5.41, 5.74) is 0.520. The van der Waals surface area contributed by atoms with Crippen molar-refractivity contribution in [2.24, 2.45) is 0 Å². The molecule has 1 atom stereocenters. The van der Waals surface area contributed by atoms with Crippen LogP contribution in [0.3, 0.4) is 0 Å².